The molecule has 1 atom stereocenters. The van der Waals surface area contributed by atoms with Crippen LogP contribution in [0, 0.1) is 11.8 Å². The molecule has 1 fully saturated rings. The maximum Gasteiger partial charge on any atom is 0.309 e. The zero-order valence-corrected chi connectivity index (χ0v) is 16.9. The average Bonchev–Trinajstić information content (AvgIpc) is 3.00. The van der Waals surface area contributed by atoms with Crippen LogP contribution in [0.25, 0.3) is 10.2 Å². The van der Waals surface area contributed by atoms with E-state index in [2.05, 4.69) is 16.8 Å². The molecule has 0 amide bonds. The van der Waals surface area contributed by atoms with E-state index in [1.54, 1.807) is 11.3 Å². The molecule has 146 valence electrons. The van der Waals surface area contributed by atoms with Crippen molar-refractivity contribution >= 4 is 27.5 Å². The van der Waals surface area contributed by atoms with Gasteiger partial charge >= 0.3 is 5.97 Å². The van der Waals surface area contributed by atoms with Crippen molar-refractivity contribution in [3.63, 3.8) is 0 Å². The summed E-state index contributed by atoms with van der Waals surface area (Å²) in [5, 5.41) is 0.812. The van der Waals surface area contributed by atoms with E-state index < -0.39 is 0 Å². The molecule has 0 saturated carbocycles. The number of aromatic amines is 1. The molecular formula is C20H27N3O3S. The maximum absolute atomic E-state index is 12.7. The Bertz CT molecular complexity index is 896. The number of aryl methyl sites for hydroxylation is 1. The summed E-state index contributed by atoms with van der Waals surface area (Å²) >= 11 is 1.69. The molecule has 0 spiro atoms. The first-order valence-corrected chi connectivity index (χ1v) is 10.8. The Balaban J connectivity index is 1.47. The second-order valence-corrected chi connectivity index (χ2v) is 8.93. The number of fused-ring (bicyclic) bond motifs is 3. The van der Waals surface area contributed by atoms with Gasteiger partial charge in [-0.05, 0) is 63.6 Å². The van der Waals surface area contributed by atoms with Crippen LogP contribution in [0.3, 0.4) is 0 Å². The number of nitrogens with zero attached hydrogens (tertiary/aromatic N) is 2. The summed E-state index contributed by atoms with van der Waals surface area (Å²) in [7, 11) is 0. The SMILES string of the molecule is CCOC(=O)C1CCN(Cc2nc3sc4c(c3c(=O)[nH]2)CC[C@@H](C)C4)CC1. The summed E-state index contributed by atoms with van der Waals surface area (Å²) in [6.07, 6.45) is 4.80. The van der Waals surface area contributed by atoms with Gasteiger partial charge in [0.15, 0.2) is 0 Å². The van der Waals surface area contributed by atoms with E-state index in [1.807, 2.05) is 6.92 Å². The van der Waals surface area contributed by atoms with Crippen LogP contribution < -0.4 is 5.56 Å². The second kappa shape index (κ2) is 7.72. The molecule has 0 aromatic carbocycles. The average molecular weight is 390 g/mol. The highest BCUT2D eigenvalue weighted by atomic mass is 32.1. The lowest BCUT2D eigenvalue weighted by Gasteiger charge is -2.30. The monoisotopic (exact) mass is 389 g/mol. The first-order valence-electron chi connectivity index (χ1n) is 9.97. The zero-order valence-electron chi connectivity index (χ0n) is 16.0. The number of aromatic nitrogens is 2. The van der Waals surface area contributed by atoms with Gasteiger partial charge in [-0.15, -0.1) is 11.3 Å². The molecule has 27 heavy (non-hydrogen) atoms. The van der Waals surface area contributed by atoms with Crippen LogP contribution in [0.4, 0.5) is 0 Å². The summed E-state index contributed by atoms with van der Waals surface area (Å²) in [5.41, 5.74) is 1.23. The number of nitrogens with one attached hydrogen (secondary N) is 1. The minimum absolute atomic E-state index is 0.00157. The number of ether oxygens (including phenoxy) is 1. The number of carbonyl (C=O) groups is 1. The van der Waals surface area contributed by atoms with Crippen molar-refractivity contribution in [3.05, 3.63) is 26.6 Å². The van der Waals surface area contributed by atoms with Gasteiger partial charge in [0.05, 0.1) is 24.5 Å². The van der Waals surface area contributed by atoms with Crippen LogP contribution in [0.1, 0.15) is 49.4 Å². The fourth-order valence-electron chi connectivity index (χ4n) is 4.27. The third-order valence-electron chi connectivity index (χ3n) is 5.80. The number of likely N-dealkylation sites (tertiary alicyclic amines) is 1. The Hall–Kier alpha value is -1.73. The van der Waals surface area contributed by atoms with Crippen molar-refractivity contribution in [2.24, 2.45) is 11.8 Å². The van der Waals surface area contributed by atoms with Crippen molar-refractivity contribution in [1.29, 1.82) is 0 Å². The summed E-state index contributed by atoms with van der Waals surface area (Å²) in [6, 6.07) is 0. The molecule has 2 aromatic rings. The summed E-state index contributed by atoms with van der Waals surface area (Å²) < 4.78 is 5.13. The van der Waals surface area contributed by atoms with E-state index in [-0.39, 0.29) is 17.4 Å². The smallest absolute Gasteiger partial charge is 0.309 e. The third-order valence-corrected chi connectivity index (χ3v) is 6.94. The number of thiophene rings is 1. The van der Waals surface area contributed by atoms with Gasteiger partial charge in [-0.25, -0.2) is 4.98 Å². The van der Waals surface area contributed by atoms with Gasteiger partial charge in [-0.3, -0.25) is 14.5 Å². The number of rotatable bonds is 4. The highest BCUT2D eigenvalue weighted by Gasteiger charge is 2.27. The molecule has 1 aliphatic carbocycles. The highest BCUT2D eigenvalue weighted by molar-refractivity contribution is 7.18. The van der Waals surface area contributed by atoms with Crippen LogP contribution in [0.2, 0.25) is 0 Å². The van der Waals surface area contributed by atoms with Crippen molar-refractivity contribution in [1.82, 2.24) is 14.9 Å². The molecule has 3 heterocycles. The summed E-state index contributed by atoms with van der Waals surface area (Å²) in [6.45, 7) is 6.82. The first kappa shape index (κ1) is 18.6. The number of piperidine rings is 1. The molecule has 1 N–H and O–H groups in total. The lowest BCUT2D eigenvalue weighted by molar-refractivity contribution is -0.149. The highest BCUT2D eigenvalue weighted by Crippen LogP contribution is 2.35. The Kier molecular flexibility index (Phi) is 5.32. The molecule has 6 nitrogen and oxygen atoms in total. The number of hydrogen-bond donors (Lipinski definition) is 1. The molecule has 0 radical (unpaired) electrons. The summed E-state index contributed by atoms with van der Waals surface area (Å²) in [4.78, 5) is 36.8. The second-order valence-electron chi connectivity index (χ2n) is 7.85. The van der Waals surface area contributed by atoms with Crippen LogP contribution in [0.5, 0.6) is 0 Å². The fourth-order valence-corrected chi connectivity index (χ4v) is 5.67. The molecule has 4 rings (SSSR count). The van der Waals surface area contributed by atoms with E-state index in [4.69, 9.17) is 9.72 Å². The van der Waals surface area contributed by atoms with Crippen LogP contribution in [-0.2, 0) is 28.9 Å². The molecular weight excluding hydrogens is 362 g/mol. The minimum Gasteiger partial charge on any atom is -0.466 e. The lowest BCUT2D eigenvalue weighted by atomic mass is 9.89. The molecule has 7 heteroatoms. The van der Waals surface area contributed by atoms with Crippen molar-refractivity contribution in [3.8, 4) is 0 Å². The van der Waals surface area contributed by atoms with E-state index in [9.17, 15) is 9.59 Å². The Labute approximate surface area is 162 Å². The van der Waals surface area contributed by atoms with Gasteiger partial charge in [0, 0.05) is 4.88 Å². The predicted octanol–water partition coefficient (Wildman–Crippen LogP) is 2.88. The Morgan fingerprint density at radius 2 is 2.11 bits per heavy atom. The molecule has 1 saturated heterocycles. The van der Waals surface area contributed by atoms with Crippen LogP contribution in [-0.4, -0.2) is 40.5 Å². The van der Waals surface area contributed by atoms with Crippen LogP contribution >= 0.6 is 11.3 Å². The predicted molar refractivity (Wildman–Crippen MR) is 106 cm³/mol. The van der Waals surface area contributed by atoms with Gasteiger partial charge in [-0.2, -0.15) is 0 Å². The topological polar surface area (TPSA) is 75.3 Å². The Morgan fingerprint density at radius 3 is 2.85 bits per heavy atom. The van der Waals surface area contributed by atoms with E-state index in [0.717, 1.165) is 61.2 Å². The van der Waals surface area contributed by atoms with E-state index in [0.29, 0.717) is 19.1 Å². The number of carbonyl (C=O) groups excluding carboxylic acids is 1. The minimum atomic E-state index is -0.0801. The van der Waals surface area contributed by atoms with Crippen molar-refractivity contribution < 1.29 is 9.53 Å². The fraction of sp³-hybridized carbons (Fsp3) is 0.650. The van der Waals surface area contributed by atoms with Crippen molar-refractivity contribution in [2.75, 3.05) is 19.7 Å². The molecule has 2 aromatic heterocycles. The normalized spacial score (nSPS) is 21.3. The molecule has 0 bridgehead atoms. The number of hydrogen-bond acceptors (Lipinski definition) is 6. The van der Waals surface area contributed by atoms with Gasteiger partial charge in [-0.1, -0.05) is 6.92 Å². The van der Waals surface area contributed by atoms with Crippen LogP contribution in [0.15, 0.2) is 4.79 Å². The third kappa shape index (κ3) is 3.80. The largest absolute Gasteiger partial charge is 0.466 e. The zero-order chi connectivity index (χ0) is 19.0. The first-order chi connectivity index (χ1) is 13.0. The standard InChI is InChI=1S/C20H27N3O3S/c1-3-26-20(25)13-6-8-23(9-7-13)11-16-21-18(24)17-14-5-4-12(2)10-15(14)27-19(17)22-16/h12-13H,3-11H2,1-2H3,(H,21,22,24)/t12-/m1/s1. The van der Waals surface area contributed by atoms with Gasteiger partial charge in [0.1, 0.15) is 10.7 Å². The van der Waals surface area contributed by atoms with Crippen molar-refractivity contribution in [2.45, 2.75) is 52.5 Å². The maximum atomic E-state index is 12.7. The van der Waals surface area contributed by atoms with E-state index >= 15 is 0 Å². The molecule has 0 unspecified atom stereocenters. The number of H-pyrrole nitrogens is 1. The van der Waals surface area contributed by atoms with E-state index in [1.165, 1.54) is 10.4 Å². The number of esters is 1. The van der Waals surface area contributed by atoms with Gasteiger partial charge in [0.25, 0.3) is 5.56 Å². The lowest BCUT2D eigenvalue weighted by Crippen LogP contribution is -2.37. The quantitative estimate of drug-likeness (QED) is 0.814. The Morgan fingerprint density at radius 1 is 1.33 bits per heavy atom. The molecule has 2 aliphatic rings. The van der Waals surface area contributed by atoms with Gasteiger partial charge in [0.2, 0.25) is 0 Å². The van der Waals surface area contributed by atoms with Gasteiger partial charge < -0.3 is 9.72 Å². The molecule has 1 aliphatic heterocycles. The summed E-state index contributed by atoms with van der Waals surface area (Å²) in [5.74, 6) is 1.34.